The number of benzene rings is 1. The van der Waals surface area contributed by atoms with Gasteiger partial charge in [-0.05, 0) is 26.0 Å². The first-order valence-corrected chi connectivity index (χ1v) is 7.53. The van der Waals surface area contributed by atoms with Gasteiger partial charge in [0.2, 0.25) is 0 Å². The summed E-state index contributed by atoms with van der Waals surface area (Å²) in [4.78, 5) is 25.1. The molecule has 22 heavy (non-hydrogen) atoms. The molecule has 0 atom stereocenters. The van der Waals surface area contributed by atoms with Crippen molar-refractivity contribution in [3.63, 3.8) is 0 Å². The van der Waals surface area contributed by atoms with Gasteiger partial charge in [0.25, 0.3) is 5.91 Å². The van der Waals surface area contributed by atoms with Crippen molar-refractivity contribution in [2.75, 3.05) is 31.1 Å². The molecular weight excluding hydrogens is 276 g/mol. The number of piperazine rings is 1. The molecule has 5 heteroatoms. The van der Waals surface area contributed by atoms with Gasteiger partial charge in [0.05, 0.1) is 0 Å². The first-order chi connectivity index (χ1) is 10.6. The van der Waals surface area contributed by atoms with Crippen LogP contribution < -0.4 is 4.90 Å². The lowest BCUT2D eigenvalue weighted by atomic mass is 10.1. The van der Waals surface area contributed by atoms with Crippen LogP contribution in [-0.4, -0.2) is 47.0 Å². The number of carbonyl (C=O) groups excluding carboxylic acids is 1. The van der Waals surface area contributed by atoms with Gasteiger partial charge in [-0.15, -0.1) is 0 Å². The van der Waals surface area contributed by atoms with Crippen molar-refractivity contribution in [2.24, 2.45) is 0 Å². The van der Waals surface area contributed by atoms with E-state index in [1.54, 1.807) is 6.33 Å². The highest BCUT2D eigenvalue weighted by Gasteiger charge is 2.22. The average Bonchev–Trinajstić information content (AvgIpc) is 2.54. The summed E-state index contributed by atoms with van der Waals surface area (Å²) in [6.07, 6.45) is 1.59. The molecule has 5 nitrogen and oxygen atoms in total. The average molecular weight is 296 g/mol. The molecule has 0 N–H and O–H groups in total. The summed E-state index contributed by atoms with van der Waals surface area (Å²) in [6.45, 7) is 7.00. The van der Waals surface area contributed by atoms with Gasteiger partial charge in [0, 0.05) is 43.5 Å². The molecule has 1 aromatic carbocycles. The quantitative estimate of drug-likeness (QED) is 0.851. The van der Waals surface area contributed by atoms with Crippen LogP contribution in [0.15, 0.2) is 36.7 Å². The monoisotopic (exact) mass is 296 g/mol. The van der Waals surface area contributed by atoms with E-state index in [1.807, 2.05) is 49.1 Å². The van der Waals surface area contributed by atoms with Crippen molar-refractivity contribution in [3.05, 3.63) is 53.5 Å². The zero-order valence-corrected chi connectivity index (χ0v) is 13.0. The van der Waals surface area contributed by atoms with Crippen LogP contribution in [0.4, 0.5) is 5.82 Å². The lowest BCUT2D eigenvalue weighted by Crippen LogP contribution is -2.49. The smallest absolute Gasteiger partial charge is 0.253 e. The van der Waals surface area contributed by atoms with Crippen LogP contribution in [0, 0.1) is 13.8 Å². The lowest BCUT2D eigenvalue weighted by Gasteiger charge is -2.35. The van der Waals surface area contributed by atoms with E-state index in [2.05, 4.69) is 14.9 Å². The van der Waals surface area contributed by atoms with Crippen LogP contribution in [-0.2, 0) is 0 Å². The third kappa shape index (κ3) is 3.08. The zero-order valence-electron chi connectivity index (χ0n) is 13.0. The number of aromatic nitrogens is 2. The maximum Gasteiger partial charge on any atom is 0.253 e. The number of anilines is 1. The molecule has 1 aromatic heterocycles. The summed E-state index contributed by atoms with van der Waals surface area (Å²) in [7, 11) is 0. The van der Waals surface area contributed by atoms with E-state index in [0.29, 0.717) is 0 Å². The van der Waals surface area contributed by atoms with Crippen LogP contribution in [0.5, 0.6) is 0 Å². The summed E-state index contributed by atoms with van der Waals surface area (Å²) in [5.41, 5.74) is 2.84. The second-order valence-electron chi connectivity index (χ2n) is 5.67. The Bertz CT molecular complexity index is 678. The molecule has 0 spiro atoms. The van der Waals surface area contributed by atoms with Crippen molar-refractivity contribution in [1.29, 1.82) is 0 Å². The summed E-state index contributed by atoms with van der Waals surface area (Å²) in [6, 6.07) is 9.75. The molecule has 0 unspecified atom stereocenters. The molecule has 2 aromatic rings. The van der Waals surface area contributed by atoms with E-state index in [9.17, 15) is 4.79 Å². The van der Waals surface area contributed by atoms with Gasteiger partial charge in [0.15, 0.2) is 0 Å². The molecule has 3 rings (SSSR count). The van der Waals surface area contributed by atoms with E-state index >= 15 is 0 Å². The molecule has 2 heterocycles. The third-order valence-corrected chi connectivity index (χ3v) is 3.95. The first kappa shape index (κ1) is 14.5. The van der Waals surface area contributed by atoms with Gasteiger partial charge in [0.1, 0.15) is 12.1 Å². The molecule has 0 saturated carbocycles. The Kier molecular flexibility index (Phi) is 4.04. The second-order valence-corrected chi connectivity index (χ2v) is 5.67. The van der Waals surface area contributed by atoms with E-state index in [-0.39, 0.29) is 5.91 Å². The molecule has 0 radical (unpaired) electrons. The molecule has 1 saturated heterocycles. The minimum Gasteiger partial charge on any atom is -0.353 e. The van der Waals surface area contributed by atoms with Crippen LogP contribution in [0.1, 0.15) is 21.6 Å². The number of hydrogen-bond acceptors (Lipinski definition) is 4. The third-order valence-electron chi connectivity index (χ3n) is 3.95. The molecule has 0 bridgehead atoms. The van der Waals surface area contributed by atoms with E-state index in [1.165, 1.54) is 0 Å². The van der Waals surface area contributed by atoms with Gasteiger partial charge in [-0.25, -0.2) is 9.97 Å². The number of nitrogens with zero attached hydrogens (tertiary/aromatic N) is 4. The van der Waals surface area contributed by atoms with Crippen LogP contribution in [0.2, 0.25) is 0 Å². The first-order valence-electron chi connectivity index (χ1n) is 7.53. The Hall–Kier alpha value is -2.43. The Labute approximate surface area is 130 Å². The fourth-order valence-corrected chi connectivity index (χ4v) is 2.71. The maximum absolute atomic E-state index is 12.5. The van der Waals surface area contributed by atoms with Crippen LogP contribution in [0.3, 0.4) is 0 Å². The largest absolute Gasteiger partial charge is 0.353 e. The molecule has 114 valence electrons. The highest BCUT2D eigenvalue weighted by Crippen LogP contribution is 2.15. The van der Waals surface area contributed by atoms with E-state index in [4.69, 9.17) is 0 Å². The number of carbonyl (C=O) groups is 1. The van der Waals surface area contributed by atoms with Gasteiger partial charge in [-0.1, -0.05) is 17.7 Å². The van der Waals surface area contributed by atoms with Crippen molar-refractivity contribution in [2.45, 2.75) is 13.8 Å². The SMILES string of the molecule is Cc1cccc(C(=O)N2CCN(c3cc(C)ncn3)CC2)c1. The molecule has 1 aliphatic heterocycles. The van der Waals surface area contributed by atoms with Crippen molar-refractivity contribution < 1.29 is 4.79 Å². The predicted molar refractivity (Wildman–Crippen MR) is 86.1 cm³/mol. The van der Waals surface area contributed by atoms with Gasteiger partial charge >= 0.3 is 0 Å². The maximum atomic E-state index is 12.5. The Balaban J connectivity index is 1.65. The van der Waals surface area contributed by atoms with Gasteiger partial charge < -0.3 is 9.80 Å². The lowest BCUT2D eigenvalue weighted by molar-refractivity contribution is 0.0746. The number of amides is 1. The Morgan fingerprint density at radius 1 is 1.05 bits per heavy atom. The van der Waals surface area contributed by atoms with Crippen molar-refractivity contribution >= 4 is 11.7 Å². The molecule has 0 aliphatic carbocycles. The fourth-order valence-electron chi connectivity index (χ4n) is 2.71. The summed E-state index contributed by atoms with van der Waals surface area (Å²) >= 11 is 0. The molecule has 1 amide bonds. The predicted octanol–water partition coefficient (Wildman–Crippen LogP) is 2.06. The molecule has 1 fully saturated rings. The highest BCUT2D eigenvalue weighted by molar-refractivity contribution is 5.94. The Morgan fingerprint density at radius 3 is 2.50 bits per heavy atom. The highest BCUT2D eigenvalue weighted by atomic mass is 16.2. The Morgan fingerprint density at radius 2 is 1.82 bits per heavy atom. The normalized spacial score (nSPS) is 15.0. The van der Waals surface area contributed by atoms with E-state index < -0.39 is 0 Å². The minimum absolute atomic E-state index is 0.113. The zero-order chi connectivity index (χ0) is 15.5. The molecule has 1 aliphatic rings. The fraction of sp³-hybridized carbons (Fsp3) is 0.353. The van der Waals surface area contributed by atoms with Crippen molar-refractivity contribution in [1.82, 2.24) is 14.9 Å². The minimum atomic E-state index is 0.113. The van der Waals surface area contributed by atoms with Crippen molar-refractivity contribution in [3.8, 4) is 0 Å². The second kappa shape index (κ2) is 6.13. The van der Waals surface area contributed by atoms with E-state index in [0.717, 1.165) is 48.8 Å². The topological polar surface area (TPSA) is 49.3 Å². The standard InChI is InChI=1S/C17H20N4O/c1-13-4-3-5-15(10-13)17(22)21-8-6-20(7-9-21)16-11-14(2)18-12-19-16/h3-5,10-12H,6-9H2,1-2H3. The summed E-state index contributed by atoms with van der Waals surface area (Å²) in [5, 5.41) is 0. The van der Waals surface area contributed by atoms with Gasteiger partial charge in [-0.2, -0.15) is 0 Å². The number of hydrogen-bond donors (Lipinski definition) is 0. The van der Waals surface area contributed by atoms with Crippen LogP contribution >= 0.6 is 0 Å². The van der Waals surface area contributed by atoms with Crippen LogP contribution in [0.25, 0.3) is 0 Å². The molecular formula is C17H20N4O. The summed E-state index contributed by atoms with van der Waals surface area (Å²) in [5.74, 6) is 1.05. The number of aryl methyl sites for hydroxylation is 2. The number of rotatable bonds is 2. The van der Waals surface area contributed by atoms with Gasteiger partial charge in [-0.3, -0.25) is 4.79 Å². The summed E-state index contributed by atoms with van der Waals surface area (Å²) < 4.78 is 0.